The average molecular weight is 794 g/mol. The van der Waals surface area contributed by atoms with E-state index in [-0.39, 0.29) is 24.3 Å². The minimum Gasteiger partial charge on any atom is -0.494 e. The van der Waals surface area contributed by atoms with Crippen molar-refractivity contribution in [2.24, 2.45) is 5.41 Å². The van der Waals surface area contributed by atoms with Crippen LogP contribution in [0.5, 0.6) is 5.75 Å². The number of nitrogens with one attached hydrogen (secondary N) is 2. The van der Waals surface area contributed by atoms with Gasteiger partial charge < -0.3 is 39.4 Å². The highest BCUT2D eigenvalue weighted by Crippen LogP contribution is 2.27. The maximum atomic E-state index is 13.8. The molecule has 0 aliphatic carbocycles. The lowest BCUT2D eigenvalue weighted by Gasteiger charge is -2.35. The summed E-state index contributed by atoms with van der Waals surface area (Å²) in [4.78, 5) is 59.9. The molecule has 55 heavy (non-hydrogen) atoms. The Labute approximate surface area is 334 Å². The molecule has 2 heterocycles. The van der Waals surface area contributed by atoms with Crippen LogP contribution < -0.4 is 20.3 Å². The Kier molecular flexibility index (Phi) is 16.7. The van der Waals surface area contributed by atoms with Gasteiger partial charge in [-0.25, -0.2) is 0 Å². The number of unbranched alkanes of at least 4 members (excludes halogenated alkanes) is 1. The first-order valence-electron chi connectivity index (χ1n) is 18.8. The number of ether oxygens (including phenoxy) is 3. The summed E-state index contributed by atoms with van der Waals surface area (Å²) < 4.78 is 17.1. The molecule has 3 aromatic rings. The van der Waals surface area contributed by atoms with E-state index in [1.165, 1.54) is 5.49 Å². The summed E-state index contributed by atoms with van der Waals surface area (Å²) in [6, 6.07) is 14.0. The molecule has 12 nitrogen and oxygen atoms in total. The fourth-order valence-electron chi connectivity index (χ4n) is 6.09. The molecule has 2 atom stereocenters. The van der Waals surface area contributed by atoms with Crippen molar-refractivity contribution in [3.8, 4) is 16.2 Å². The summed E-state index contributed by atoms with van der Waals surface area (Å²) in [7, 11) is 0. The lowest BCUT2D eigenvalue weighted by molar-refractivity contribution is -0.144. The molecule has 0 saturated carbocycles. The minimum atomic E-state index is -0.815. The number of amides is 3. The highest BCUT2D eigenvalue weighted by atomic mass is 32.1. The largest absolute Gasteiger partial charge is 0.494 e. The molecule has 0 bridgehead atoms. The van der Waals surface area contributed by atoms with E-state index in [1.54, 1.807) is 40.5 Å². The van der Waals surface area contributed by atoms with Gasteiger partial charge in [0, 0.05) is 44.8 Å². The van der Waals surface area contributed by atoms with Crippen LogP contribution in [0.2, 0.25) is 0 Å². The van der Waals surface area contributed by atoms with Crippen molar-refractivity contribution >= 4 is 58.7 Å². The number of thiocarbonyl (C=S) groups is 1. The number of thiazole rings is 1. The summed E-state index contributed by atoms with van der Waals surface area (Å²) in [5.74, 6) is -0.111. The van der Waals surface area contributed by atoms with Crippen molar-refractivity contribution in [2.45, 2.75) is 90.9 Å². The predicted molar refractivity (Wildman–Crippen MR) is 219 cm³/mol. The molecule has 1 aromatic heterocycles. The first-order valence-corrected chi connectivity index (χ1v) is 20.1. The first kappa shape index (κ1) is 43.5. The van der Waals surface area contributed by atoms with E-state index in [4.69, 9.17) is 26.4 Å². The van der Waals surface area contributed by atoms with Gasteiger partial charge in [0.25, 0.3) is 0 Å². The Morgan fingerprint density at radius 1 is 0.982 bits per heavy atom. The number of benzene rings is 2. The molecule has 14 heteroatoms. The molecular weight excluding hydrogens is 739 g/mol. The number of carbonyl (C=O) groups excluding carboxylic acids is 4. The fourth-order valence-corrected chi connectivity index (χ4v) is 7.11. The number of hydrogen-bond acceptors (Lipinski definition) is 10. The Bertz CT molecular complexity index is 1680. The lowest BCUT2D eigenvalue weighted by atomic mass is 9.85. The normalized spacial score (nSPS) is 14.9. The van der Waals surface area contributed by atoms with E-state index in [0.717, 1.165) is 46.6 Å². The van der Waals surface area contributed by atoms with Gasteiger partial charge in [-0.1, -0.05) is 57.3 Å². The zero-order valence-corrected chi connectivity index (χ0v) is 34.2. The van der Waals surface area contributed by atoms with E-state index >= 15 is 0 Å². The van der Waals surface area contributed by atoms with Crippen molar-refractivity contribution in [1.29, 1.82) is 0 Å². The summed E-state index contributed by atoms with van der Waals surface area (Å²) in [6.45, 7) is 11.9. The molecule has 298 valence electrons. The van der Waals surface area contributed by atoms with Crippen LogP contribution in [0.4, 0.5) is 5.69 Å². The number of nitrogens with zero attached hydrogens (tertiary/aromatic N) is 3. The first-order chi connectivity index (χ1) is 26.3. The monoisotopic (exact) mass is 793 g/mol. The quantitative estimate of drug-likeness (QED) is 0.0711. The highest BCUT2D eigenvalue weighted by molar-refractivity contribution is 7.79. The molecule has 1 aliphatic rings. The topological polar surface area (TPSA) is 139 Å². The Balaban J connectivity index is 1.09. The molecule has 1 aliphatic heterocycles. The summed E-state index contributed by atoms with van der Waals surface area (Å²) in [5.41, 5.74) is 4.80. The molecule has 2 unspecified atom stereocenters. The zero-order valence-electron chi connectivity index (χ0n) is 32.6. The molecular formula is C41H55N5O7S2. The molecule has 2 N–H and O–H groups in total. The number of rotatable bonds is 22. The number of carbonyl (C=O) groups is 4. The highest BCUT2D eigenvalue weighted by Gasteiger charge is 2.41. The summed E-state index contributed by atoms with van der Waals surface area (Å²) in [6.07, 6.45) is 6.25. The number of aromatic nitrogens is 1. The second kappa shape index (κ2) is 21.2. The van der Waals surface area contributed by atoms with Crippen LogP contribution in [0.15, 0.2) is 60.2 Å². The van der Waals surface area contributed by atoms with Crippen LogP contribution in [0, 0.1) is 5.41 Å². The van der Waals surface area contributed by atoms with E-state index in [2.05, 4.69) is 15.6 Å². The van der Waals surface area contributed by atoms with Crippen molar-refractivity contribution in [1.82, 2.24) is 20.5 Å². The van der Waals surface area contributed by atoms with Crippen molar-refractivity contribution < 1.29 is 33.4 Å². The number of hydrogen-bond donors (Lipinski definition) is 2. The van der Waals surface area contributed by atoms with Gasteiger partial charge in [-0.2, -0.15) is 0 Å². The van der Waals surface area contributed by atoms with Gasteiger partial charge in [-0.15, -0.1) is 11.3 Å². The molecule has 4 rings (SSSR count). The van der Waals surface area contributed by atoms with Gasteiger partial charge in [0.1, 0.15) is 30.7 Å². The van der Waals surface area contributed by atoms with E-state index in [9.17, 15) is 19.2 Å². The van der Waals surface area contributed by atoms with E-state index in [1.807, 2.05) is 75.5 Å². The van der Waals surface area contributed by atoms with Crippen molar-refractivity contribution in [3.05, 3.63) is 65.8 Å². The maximum absolute atomic E-state index is 13.8. The van der Waals surface area contributed by atoms with Crippen LogP contribution in [-0.4, -0.2) is 96.6 Å². The van der Waals surface area contributed by atoms with Gasteiger partial charge in [0.2, 0.25) is 17.7 Å². The maximum Gasteiger partial charge on any atom is 0.246 e. The van der Waals surface area contributed by atoms with Gasteiger partial charge in [-0.05, 0) is 86.8 Å². The Morgan fingerprint density at radius 3 is 2.33 bits per heavy atom. The minimum absolute atomic E-state index is 0.178. The average Bonchev–Trinajstić information content (AvgIpc) is 3.89. The molecule has 1 fully saturated rings. The molecule has 0 radical (unpaired) electrons. The van der Waals surface area contributed by atoms with Gasteiger partial charge in [0.15, 0.2) is 0 Å². The molecule has 2 aromatic carbocycles. The zero-order chi connectivity index (χ0) is 39.8. The molecule has 1 saturated heterocycles. The van der Waals surface area contributed by atoms with E-state index < -0.39 is 23.0 Å². The second-order valence-electron chi connectivity index (χ2n) is 15.2. The predicted octanol–water partition coefficient (Wildman–Crippen LogP) is 5.97. The molecule has 0 spiro atoms. The fraction of sp³-hybridized carbons (Fsp3) is 0.512. The summed E-state index contributed by atoms with van der Waals surface area (Å²) >= 11 is 6.67. The van der Waals surface area contributed by atoms with E-state index in [0.29, 0.717) is 58.8 Å². The molecule has 3 amide bonds. The van der Waals surface area contributed by atoms with Gasteiger partial charge >= 0.3 is 0 Å². The van der Waals surface area contributed by atoms with Crippen LogP contribution in [0.1, 0.15) is 72.3 Å². The smallest absolute Gasteiger partial charge is 0.246 e. The number of likely N-dealkylation sites (tertiary alicyclic amines) is 1. The lowest BCUT2D eigenvalue weighted by Crippen LogP contribution is -2.58. The van der Waals surface area contributed by atoms with Gasteiger partial charge in [0.05, 0.1) is 28.0 Å². The second-order valence-corrected chi connectivity index (χ2v) is 16.2. The number of anilines is 1. The Morgan fingerprint density at radius 2 is 1.67 bits per heavy atom. The van der Waals surface area contributed by atoms with Gasteiger partial charge in [-0.3, -0.25) is 19.4 Å². The third kappa shape index (κ3) is 13.2. The Hall–Kier alpha value is -4.24. The van der Waals surface area contributed by atoms with Crippen molar-refractivity contribution in [3.63, 3.8) is 0 Å². The number of aldehydes is 1. The standard InChI is InChI=1S/C41H55N5O7S2/c1-40(2,3)37(39(50)45-19-8-10-34(45)38(49)43-24-30-11-13-31(14-12-30)35-25-42-28-55-35)44-36(48)26-52-22-9-21-51-20-6-7-23-53-33-17-15-32(16-18-33)46(29-54)41(4,5)27-47/h11-18,25,27-29,34,37H,6-10,19-24,26H2,1-5H3,(H,43,49)(H,44,48). The third-order valence-electron chi connectivity index (χ3n) is 9.29. The third-order valence-corrected chi connectivity index (χ3v) is 10.3. The summed E-state index contributed by atoms with van der Waals surface area (Å²) in [5, 5.41) is 5.87. The van der Waals surface area contributed by atoms with Crippen LogP contribution in [0.25, 0.3) is 10.4 Å². The van der Waals surface area contributed by atoms with Crippen molar-refractivity contribution in [2.75, 3.05) is 44.5 Å². The SMILES string of the molecule is CC(C)(C)C(NC(=O)COCCCOCCCCOc1ccc(N(C=S)C(C)(C)C=O)cc1)C(=O)N1CCCC1C(=O)NCc1ccc(-c2cncs2)cc1. The van der Waals surface area contributed by atoms with Crippen LogP contribution >= 0.6 is 23.6 Å². The van der Waals surface area contributed by atoms with Crippen LogP contribution in [-0.2, 0) is 35.2 Å². The van der Waals surface area contributed by atoms with Crippen LogP contribution in [0.3, 0.4) is 0 Å².